The highest BCUT2D eigenvalue weighted by Crippen LogP contribution is 2.36. The number of nitrogens with one attached hydrogen (secondary N) is 1. The molecule has 0 aromatic heterocycles. The second-order valence-corrected chi connectivity index (χ2v) is 6.87. The van der Waals surface area contributed by atoms with Gasteiger partial charge in [0.25, 0.3) is 10.0 Å². The molecule has 2 rings (SSSR count). The third kappa shape index (κ3) is 3.76. The van der Waals surface area contributed by atoms with Crippen molar-refractivity contribution in [2.24, 2.45) is 0 Å². The molecule has 2 aromatic carbocycles. The summed E-state index contributed by atoms with van der Waals surface area (Å²) >= 11 is 12.1. The second-order valence-electron chi connectivity index (χ2n) is 4.38. The number of nitrogen functional groups attached to an aromatic ring is 1. The van der Waals surface area contributed by atoms with Crippen molar-refractivity contribution in [1.29, 1.82) is 0 Å². The van der Waals surface area contributed by atoms with Crippen molar-refractivity contribution in [2.45, 2.75) is 11.8 Å². The van der Waals surface area contributed by atoms with Gasteiger partial charge in [-0.1, -0.05) is 23.2 Å². The van der Waals surface area contributed by atoms with E-state index in [2.05, 4.69) is 4.72 Å². The summed E-state index contributed by atoms with van der Waals surface area (Å²) in [7, 11) is -3.75. The van der Waals surface area contributed by atoms with Gasteiger partial charge in [0.1, 0.15) is 0 Å². The number of hydrogen-bond acceptors (Lipinski definition) is 4. The number of halogens is 2. The summed E-state index contributed by atoms with van der Waals surface area (Å²) < 4.78 is 32.3. The van der Waals surface area contributed by atoms with Crippen molar-refractivity contribution >= 4 is 44.6 Å². The number of rotatable bonds is 5. The molecule has 8 heteroatoms. The Morgan fingerprint density at radius 3 is 2.18 bits per heavy atom. The highest BCUT2D eigenvalue weighted by molar-refractivity contribution is 7.92. The lowest BCUT2D eigenvalue weighted by Crippen LogP contribution is -2.13. The van der Waals surface area contributed by atoms with Gasteiger partial charge < -0.3 is 10.5 Å². The molecule has 0 aliphatic rings. The Bertz CT molecular complexity index is 754. The van der Waals surface area contributed by atoms with Crippen LogP contribution in [0.1, 0.15) is 6.92 Å². The van der Waals surface area contributed by atoms with Crippen LogP contribution in [-0.4, -0.2) is 15.0 Å². The first-order valence-corrected chi connectivity index (χ1v) is 8.57. The van der Waals surface area contributed by atoms with Crippen LogP contribution in [0.2, 0.25) is 10.0 Å². The van der Waals surface area contributed by atoms with Gasteiger partial charge in [-0.2, -0.15) is 0 Å². The Balaban J connectivity index is 2.32. The predicted octanol–water partition coefficient (Wildman–Crippen LogP) is 3.78. The normalized spacial score (nSPS) is 11.2. The van der Waals surface area contributed by atoms with E-state index in [0.29, 0.717) is 18.0 Å². The van der Waals surface area contributed by atoms with E-state index >= 15 is 0 Å². The lowest BCUT2D eigenvalue weighted by molar-refractivity contribution is 0.340. The molecular formula is C14H14Cl2N2O3S. The number of anilines is 2. The lowest BCUT2D eigenvalue weighted by Gasteiger charge is -2.12. The van der Waals surface area contributed by atoms with Crippen molar-refractivity contribution in [2.75, 3.05) is 17.1 Å². The van der Waals surface area contributed by atoms with Crippen LogP contribution in [0.4, 0.5) is 11.4 Å². The molecule has 118 valence electrons. The third-order valence-corrected chi connectivity index (χ3v) is 4.69. The average Bonchev–Trinajstić information content (AvgIpc) is 2.43. The smallest absolute Gasteiger partial charge is 0.261 e. The van der Waals surface area contributed by atoms with Crippen LogP contribution in [0.5, 0.6) is 5.75 Å². The molecule has 5 nitrogen and oxygen atoms in total. The minimum Gasteiger partial charge on any atom is -0.491 e. The van der Waals surface area contributed by atoms with E-state index in [0.717, 1.165) is 0 Å². The van der Waals surface area contributed by atoms with E-state index in [9.17, 15) is 8.42 Å². The highest BCUT2D eigenvalue weighted by atomic mass is 35.5. The Hall–Kier alpha value is -1.63. The highest BCUT2D eigenvalue weighted by Gasteiger charge is 2.16. The number of sulfonamides is 1. The fourth-order valence-corrected chi connectivity index (χ4v) is 3.40. The van der Waals surface area contributed by atoms with Crippen LogP contribution in [0.3, 0.4) is 0 Å². The van der Waals surface area contributed by atoms with E-state index < -0.39 is 10.0 Å². The zero-order chi connectivity index (χ0) is 16.3. The van der Waals surface area contributed by atoms with Crippen LogP contribution >= 0.6 is 23.2 Å². The number of benzene rings is 2. The van der Waals surface area contributed by atoms with Gasteiger partial charge in [0.2, 0.25) is 0 Å². The Morgan fingerprint density at radius 1 is 1.14 bits per heavy atom. The summed E-state index contributed by atoms with van der Waals surface area (Å²) in [5, 5.41) is 0.453. The molecule has 0 saturated carbocycles. The Morgan fingerprint density at radius 2 is 1.68 bits per heavy atom. The molecule has 3 N–H and O–H groups in total. The van der Waals surface area contributed by atoms with Gasteiger partial charge >= 0.3 is 0 Å². The maximum absolute atomic E-state index is 12.3. The van der Waals surface area contributed by atoms with Gasteiger partial charge in [0.15, 0.2) is 5.75 Å². The number of hydrogen-bond donors (Lipinski definition) is 2. The van der Waals surface area contributed by atoms with Gasteiger partial charge in [0.05, 0.1) is 27.2 Å². The molecule has 0 unspecified atom stereocenters. The van der Waals surface area contributed by atoms with Crippen molar-refractivity contribution in [1.82, 2.24) is 0 Å². The predicted molar refractivity (Wildman–Crippen MR) is 89.3 cm³/mol. The zero-order valence-electron chi connectivity index (χ0n) is 11.6. The molecule has 0 saturated heterocycles. The van der Waals surface area contributed by atoms with E-state index in [1.54, 1.807) is 6.92 Å². The molecule has 0 bridgehead atoms. The van der Waals surface area contributed by atoms with Gasteiger partial charge in [-0.05, 0) is 43.3 Å². The Labute approximate surface area is 139 Å². The molecule has 0 amide bonds. The average molecular weight is 361 g/mol. The summed E-state index contributed by atoms with van der Waals surface area (Å²) in [4.78, 5) is 0.0860. The van der Waals surface area contributed by atoms with Gasteiger partial charge in [-0.15, -0.1) is 0 Å². The monoisotopic (exact) mass is 360 g/mol. The van der Waals surface area contributed by atoms with E-state index in [-0.39, 0.29) is 20.6 Å². The fraction of sp³-hybridized carbons (Fsp3) is 0.143. The number of nitrogens with two attached hydrogens (primary N) is 1. The molecule has 0 fully saturated rings. The molecule has 0 aliphatic carbocycles. The first kappa shape index (κ1) is 16.7. The van der Waals surface area contributed by atoms with Crippen LogP contribution in [0, 0.1) is 0 Å². The van der Waals surface area contributed by atoms with Crippen LogP contribution in [-0.2, 0) is 10.0 Å². The minimum absolute atomic E-state index is 0.0860. The van der Waals surface area contributed by atoms with E-state index in [1.165, 1.54) is 36.4 Å². The maximum atomic E-state index is 12.3. The molecule has 0 heterocycles. The summed E-state index contributed by atoms with van der Waals surface area (Å²) in [6.07, 6.45) is 0. The minimum atomic E-state index is -3.75. The summed E-state index contributed by atoms with van der Waals surface area (Å²) in [5.41, 5.74) is 6.27. The quantitative estimate of drug-likeness (QED) is 0.795. The third-order valence-electron chi connectivity index (χ3n) is 2.73. The van der Waals surface area contributed by atoms with Crippen LogP contribution in [0.25, 0.3) is 0 Å². The Kier molecular flexibility index (Phi) is 5.05. The second kappa shape index (κ2) is 6.64. The SMILES string of the molecule is CCOc1c(Cl)cc(NS(=O)(=O)c2ccc(N)cc2)cc1Cl. The van der Waals surface area contributed by atoms with Crippen LogP contribution in [0.15, 0.2) is 41.3 Å². The van der Waals surface area contributed by atoms with Crippen molar-refractivity contribution in [3.63, 3.8) is 0 Å². The molecule has 0 radical (unpaired) electrons. The van der Waals surface area contributed by atoms with Gasteiger partial charge in [-0.3, -0.25) is 4.72 Å². The largest absolute Gasteiger partial charge is 0.491 e. The summed E-state index contributed by atoms with van der Waals surface area (Å²) in [6, 6.07) is 8.71. The molecular weight excluding hydrogens is 347 g/mol. The molecule has 2 aromatic rings. The molecule has 0 spiro atoms. The maximum Gasteiger partial charge on any atom is 0.261 e. The first-order valence-electron chi connectivity index (χ1n) is 6.33. The fourth-order valence-electron chi connectivity index (χ4n) is 1.76. The number of ether oxygens (including phenoxy) is 1. The lowest BCUT2D eigenvalue weighted by atomic mass is 10.3. The zero-order valence-corrected chi connectivity index (χ0v) is 14.0. The van der Waals surface area contributed by atoms with Crippen molar-refractivity contribution in [3.05, 3.63) is 46.4 Å². The molecule has 0 aliphatic heterocycles. The first-order chi connectivity index (χ1) is 10.3. The van der Waals surface area contributed by atoms with E-state index in [1.807, 2.05) is 0 Å². The topological polar surface area (TPSA) is 81.4 Å². The van der Waals surface area contributed by atoms with Gasteiger partial charge in [0, 0.05) is 5.69 Å². The molecule has 0 atom stereocenters. The van der Waals surface area contributed by atoms with Crippen LogP contribution < -0.4 is 15.2 Å². The standard InChI is InChI=1S/C14H14Cl2N2O3S/c1-2-21-14-12(15)7-10(8-13(14)16)18-22(19,20)11-5-3-9(17)4-6-11/h3-8,18H,2,17H2,1H3. The molecule has 22 heavy (non-hydrogen) atoms. The van der Waals surface area contributed by atoms with Crippen molar-refractivity contribution < 1.29 is 13.2 Å². The van der Waals surface area contributed by atoms with E-state index in [4.69, 9.17) is 33.7 Å². The van der Waals surface area contributed by atoms with Gasteiger partial charge in [-0.25, -0.2) is 8.42 Å². The summed E-state index contributed by atoms with van der Waals surface area (Å²) in [6.45, 7) is 2.19. The van der Waals surface area contributed by atoms with Crippen molar-refractivity contribution in [3.8, 4) is 5.75 Å². The summed E-state index contributed by atoms with van der Waals surface area (Å²) in [5.74, 6) is 0.321.